The molecule has 5 heterocycles. The summed E-state index contributed by atoms with van der Waals surface area (Å²) in [5, 5.41) is 16.9. The number of aromatic nitrogens is 6. The highest BCUT2D eigenvalue weighted by molar-refractivity contribution is 5.80. The van der Waals surface area contributed by atoms with Crippen LogP contribution in [0.4, 0.5) is 11.5 Å². The number of hydrogen-bond donors (Lipinski definition) is 4. The minimum absolute atomic E-state index is 0.205. The van der Waals surface area contributed by atoms with Gasteiger partial charge in [-0.2, -0.15) is 0 Å². The summed E-state index contributed by atoms with van der Waals surface area (Å²) in [6.07, 6.45) is 7.08. The summed E-state index contributed by atoms with van der Waals surface area (Å²) in [4.78, 5) is 25.7. The summed E-state index contributed by atoms with van der Waals surface area (Å²) in [7, 11) is 0. The van der Waals surface area contributed by atoms with Crippen molar-refractivity contribution in [2.45, 2.75) is 6.92 Å². The van der Waals surface area contributed by atoms with Gasteiger partial charge in [-0.05, 0) is 43.3 Å². The molecule has 0 fully saturated rings. The van der Waals surface area contributed by atoms with Gasteiger partial charge in [-0.25, -0.2) is 9.69 Å². The predicted molar refractivity (Wildman–Crippen MR) is 169 cm³/mol. The van der Waals surface area contributed by atoms with Gasteiger partial charge < -0.3 is 5.43 Å². The van der Waals surface area contributed by atoms with Crippen LogP contribution in [0.5, 0.6) is 0 Å². The van der Waals surface area contributed by atoms with Crippen molar-refractivity contribution in [2.75, 3.05) is 10.0 Å². The van der Waals surface area contributed by atoms with Gasteiger partial charge in [0.2, 0.25) is 0 Å². The highest BCUT2D eigenvalue weighted by Gasteiger charge is 2.27. The maximum absolute atomic E-state index is 12.9. The summed E-state index contributed by atoms with van der Waals surface area (Å²) < 4.78 is 5.39. The largest absolute Gasteiger partial charge is 0.301 e. The van der Waals surface area contributed by atoms with Crippen molar-refractivity contribution >= 4 is 36.3 Å². The van der Waals surface area contributed by atoms with E-state index in [1.807, 2.05) is 120 Å². The number of rotatable bonds is 5. The molecule has 0 bridgehead atoms. The Morgan fingerprint density at radius 3 is 1.57 bits per heavy atom. The first kappa shape index (κ1) is 25.3. The smallest absolute Gasteiger partial charge is 0.273 e. The number of para-hydroxylation sites is 3. The summed E-state index contributed by atoms with van der Waals surface area (Å²) in [5.74, 6) is 0.561. The number of hydrogen-bond acceptors (Lipinski definition) is 7. The Morgan fingerprint density at radius 2 is 1.05 bits per heavy atom. The second kappa shape index (κ2) is 9.84. The Labute approximate surface area is 248 Å². The third-order valence-corrected chi connectivity index (χ3v) is 7.71. The fourth-order valence-corrected chi connectivity index (χ4v) is 5.60. The van der Waals surface area contributed by atoms with Gasteiger partial charge in [0.05, 0.1) is 56.3 Å². The van der Waals surface area contributed by atoms with E-state index in [1.54, 1.807) is 26.8 Å². The van der Waals surface area contributed by atoms with Crippen molar-refractivity contribution in [3.8, 4) is 17.1 Å². The molecule has 12 heteroatoms. The average molecular weight is 583 g/mol. The molecule has 0 spiro atoms. The van der Waals surface area contributed by atoms with E-state index >= 15 is 0 Å². The van der Waals surface area contributed by atoms with Crippen LogP contribution in [0.3, 0.4) is 0 Å². The summed E-state index contributed by atoms with van der Waals surface area (Å²) in [6.45, 7) is 1.99. The maximum atomic E-state index is 12.9. The van der Waals surface area contributed by atoms with Crippen molar-refractivity contribution in [1.29, 1.82) is 0 Å². The van der Waals surface area contributed by atoms with Crippen LogP contribution >= 0.6 is 0 Å². The standard InChI is InChI=1S/C32H26N10O2/c1-21-29(38-19-27-25(17-33-38)31(43)36-41(27)23-13-7-3-8-14-23)30(35-40(21)22-11-5-2-6-12-22)39-20-28-26(18-34-39)32(44)37-42(28)24-15-9-4-10-16-24/h2-20,33-34H,1H3,(H,36,43)(H,37,44). The first-order chi connectivity index (χ1) is 21.6. The molecule has 3 aromatic carbocycles. The third kappa shape index (κ3) is 3.96. The lowest BCUT2D eigenvalue weighted by Gasteiger charge is -2.26. The van der Waals surface area contributed by atoms with Crippen molar-refractivity contribution in [3.63, 3.8) is 0 Å². The number of H-pyrrole nitrogens is 2. The van der Waals surface area contributed by atoms with E-state index in [1.165, 1.54) is 0 Å². The van der Waals surface area contributed by atoms with Gasteiger partial charge in [0, 0.05) is 12.4 Å². The third-order valence-electron chi connectivity index (χ3n) is 7.71. The molecule has 0 aliphatic carbocycles. The van der Waals surface area contributed by atoms with Crippen molar-refractivity contribution < 1.29 is 0 Å². The van der Waals surface area contributed by atoms with Gasteiger partial charge in [0.15, 0.2) is 5.82 Å². The van der Waals surface area contributed by atoms with Gasteiger partial charge >= 0.3 is 0 Å². The molecule has 216 valence electrons. The molecule has 0 atom stereocenters. The Kier molecular flexibility index (Phi) is 5.66. The lowest BCUT2D eigenvalue weighted by molar-refractivity contribution is 0.809. The molecule has 4 N–H and O–H groups in total. The van der Waals surface area contributed by atoms with Crippen LogP contribution in [0.25, 0.3) is 41.9 Å². The molecule has 0 saturated heterocycles. The van der Waals surface area contributed by atoms with E-state index in [2.05, 4.69) is 21.0 Å². The molecule has 0 unspecified atom stereocenters. The molecule has 0 saturated carbocycles. The highest BCUT2D eigenvalue weighted by atomic mass is 16.1. The molecular formula is C32H26N10O2. The molecule has 0 radical (unpaired) electrons. The Balaban J connectivity index is 1.33. The molecular weight excluding hydrogens is 556 g/mol. The monoisotopic (exact) mass is 582 g/mol. The van der Waals surface area contributed by atoms with Gasteiger partial charge in [-0.1, -0.05) is 54.6 Å². The summed E-state index contributed by atoms with van der Waals surface area (Å²) >= 11 is 0. The van der Waals surface area contributed by atoms with Crippen LogP contribution in [-0.2, 0) is 0 Å². The van der Waals surface area contributed by atoms with Crippen LogP contribution < -0.4 is 53.1 Å². The predicted octanol–water partition coefficient (Wildman–Crippen LogP) is 0.140. The van der Waals surface area contributed by atoms with Crippen LogP contribution in [0.15, 0.2) is 101 Å². The topological polar surface area (TPSA) is 124 Å². The quantitative estimate of drug-likeness (QED) is 0.228. The summed E-state index contributed by atoms with van der Waals surface area (Å²) in [6, 6.07) is 29.1. The average Bonchev–Trinajstić information content (AvgIpc) is 3.72. The molecule has 44 heavy (non-hydrogen) atoms. The lowest BCUT2D eigenvalue weighted by Crippen LogP contribution is -2.49. The van der Waals surface area contributed by atoms with E-state index < -0.39 is 0 Å². The van der Waals surface area contributed by atoms with Gasteiger partial charge in [0.1, 0.15) is 5.69 Å². The van der Waals surface area contributed by atoms with Crippen molar-refractivity contribution in [2.24, 2.45) is 0 Å². The van der Waals surface area contributed by atoms with Gasteiger partial charge in [-0.3, -0.25) is 39.6 Å². The van der Waals surface area contributed by atoms with E-state index in [9.17, 15) is 9.59 Å². The second-order valence-corrected chi connectivity index (χ2v) is 10.4. The Hall–Kier alpha value is -6.43. The number of nitrogens with zero attached hydrogens (tertiary/aromatic N) is 6. The molecule has 8 rings (SSSR count). The number of aromatic amines is 2. The molecule has 3 aromatic heterocycles. The van der Waals surface area contributed by atoms with Gasteiger partial charge in [-0.15, -0.1) is 5.10 Å². The lowest BCUT2D eigenvalue weighted by atomic mass is 10.3. The fraction of sp³-hybridized carbons (Fsp3) is 0.0312. The zero-order valence-electron chi connectivity index (χ0n) is 23.5. The normalized spacial score (nSPS) is 13.4. The van der Waals surface area contributed by atoms with Crippen LogP contribution in [0.2, 0.25) is 0 Å². The first-order valence-corrected chi connectivity index (χ1v) is 14.0. The molecule has 12 nitrogen and oxygen atoms in total. The van der Waals surface area contributed by atoms with Crippen LogP contribution in [-0.4, -0.2) is 29.3 Å². The minimum atomic E-state index is -0.210. The number of nitrogens with one attached hydrogen (secondary N) is 4. The molecule has 6 aromatic rings. The van der Waals surface area contributed by atoms with E-state index in [0.29, 0.717) is 27.0 Å². The van der Waals surface area contributed by atoms with E-state index in [-0.39, 0.29) is 11.1 Å². The number of fused-ring (bicyclic) bond motifs is 2. The van der Waals surface area contributed by atoms with Crippen molar-refractivity contribution in [1.82, 2.24) is 40.2 Å². The molecule has 0 amide bonds. The first-order valence-electron chi connectivity index (χ1n) is 14.0. The van der Waals surface area contributed by atoms with Crippen LogP contribution in [0, 0.1) is 6.92 Å². The number of anilines is 2. The molecule has 2 aliphatic heterocycles. The summed E-state index contributed by atoms with van der Waals surface area (Å²) in [5.41, 5.74) is 10.2. The number of benzene rings is 3. The second-order valence-electron chi connectivity index (χ2n) is 10.4. The Morgan fingerprint density at radius 1 is 0.591 bits per heavy atom. The maximum Gasteiger partial charge on any atom is 0.273 e. The fourth-order valence-electron chi connectivity index (χ4n) is 5.60. The van der Waals surface area contributed by atoms with Crippen molar-refractivity contribution in [3.05, 3.63) is 139 Å². The minimum Gasteiger partial charge on any atom is -0.301 e. The SMILES string of the molecule is Cc1c(N2C=c3c(c(=O)[nH]n3-c3ccccc3)=CN2)c(N2C=c3c(c(=O)[nH]n3-c3ccccc3)=CN2)nn1-c1ccccc1. The van der Waals surface area contributed by atoms with E-state index in [4.69, 9.17) is 5.10 Å². The number of hydrazine groups is 2. The van der Waals surface area contributed by atoms with Gasteiger partial charge in [0.25, 0.3) is 11.1 Å². The Bertz CT molecular complexity index is 2400. The molecule has 2 aliphatic rings. The van der Waals surface area contributed by atoms with E-state index in [0.717, 1.165) is 28.4 Å². The van der Waals surface area contributed by atoms with Crippen LogP contribution in [0.1, 0.15) is 5.69 Å². The zero-order valence-corrected chi connectivity index (χ0v) is 23.5. The zero-order chi connectivity index (χ0) is 29.8. The highest BCUT2D eigenvalue weighted by Crippen LogP contribution is 2.33.